The summed E-state index contributed by atoms with van der Waals surface area (Å²) in [6.07, 6.45) is 5.11. The van der Waals surface area contributed by atoms with Crippen LogP contribution < -0.4 is 10.7 Å². The number of hydrazine groups is 1. The maximum absolute atomic E-state index is 10.2. The number of aromatic hydroxyl groups is 1. The highest BCUT2D eigenvalue weighted by Crippen LogP contribution is 2.31. The molecule has 1 heterocycles. The Morgan fingerprint density at radius 1 is 1.24 bits per heavy atom. The van der Waals surface area contributed by atoms with E-state index in [9.17, 15) is 5.11 Å². The lowest BCUT2D eigenvalue weighted by Crippen LogP contribution is -2.29. The minimum Gasteiger partial charge on any atom is -0.508 e. The summed E-state index contributed by atoms with van der Waals surface area (Å²) < 4.78 is 0. The molecule has 2 rings (SSSR count). The van der Waals surface area contributed by atoms with Crippen molar-refractivity contribution < 1.29 is 15.3 Å². The van der Waals surface area contributed by atoms with E-state index in [0.29, 0.717) is 13.1 Å². The molecule has 0 saturated heterocycles. The van der Waals surface area contributed by atoms with Crippen LogP contribution in [0.2, 0.25) is 0 Å². The molecule has 0 aliphatic carbocycles. The molecule has 1 aliphatic rings. The van der Waals surface area contributed by atoms with Crippen molar-refractivity contribution in [1.82, 2.24) is 5.12 Å². The summed E-state index contributed by atoms with van der Waals surface area (Å²) in [4.78, 5) is 1.80. The van der Waals surface area contributed by atoms with Crippen LogP contribution in [0.1, 0.15) is 11.5 Å². The Morgan fingerprint density at radius 2 is 1.95 bits per heavy atom. The number of rotatable bonds is 6. The van der Waals surface area contributed by atoms with Crippen LogP contribution in [0.15, 0.2) is 35.6 Å². The zero-order chi connectivity index (χ0) is 15.2. The summed E-state index contributed by atoms with van der Waals surface area (Å²) >= 11 is 0. The lowest BCUT2D eigenvalue weighted by Gasteiger charge is -2.24. The van der Waals surface area contributed by atoms with Gasteiger partial charge in [0.25, 0.3) is 0 Å². The normalized spacial score (nSPS) is 17.3. The number of hydrazone groups is 1. The lowest BCUT2D eigenvalue weighted by molar-refractivity contribution is 0.281. The van der Waals surface area contributed by atoms with Gasteiger partial charge in [0.2, 0.25) is 0 Å². The largest absolute Gasteiger partial charge is 0.508 e. The molecule has 0 amide bonds. The van der Waals surface area contributed by atoms with Gasteiger partial charge in [0, 0.05) is 48.7 Å². The first kappa shape index (κ1) is 15.3. The van der Waals surface area contributed by atoms with Crippen LogP contribution in [0, 0.1) is 0 Å². The van der Waals surface area contributed by atoms with E-state index in [-0.39, 0.29) is 24.9 Å². The van der Waals surface area contributed by atoms with Crippen molar-refractivity contribution in [2.24, 2.45) is 10.9 Å². The number of aliphatic hydroxyl groups is 2. The van der Waals surface area contributed by atoms with Gasteiger partial charge in [-0.05, 0) is 6.07 Å². The number of nitrogens with zero attached hydrogens (tertiary/aromatic N) is 3. The predicted molar refractivity (Wildman–Crippen MR) is 80.9 cm³/mol. The molecule has 7 nitrogen and oxygen atoms in total. The minimum absolute atomic E-state index is 0.0210. The van der Waals surface area contributed by atoms with E-state index in [1.54, 1.807) is 29.4 Å². The molecule has 0 spiro atoms. The number of phenols is 1. The Morgan fingerprint density at radius 3 is 2.48 bits per heavy atom. The zero-order valence-electron chi connectivity index (χ0n) is 11.6. The summed E-state index contributed by atoms with van der Waals surface area (Å²) in [6, 6.07) is 5.27. The molecule has 5 N–H and O–H groups in total. The highest BCUT2D eigenvalue weighted by atomic mass is 16.3. The van der Waals surface area contributed by atoms with E-state index in [2.05, 4.69) is 5.10 Å². The standard InChI is InChI=1S/C14H20N4O3/c15-18-4-3-11(10-16-18)13-2-1-12(9-14(13)21)17(5-7-19)6-8-20/h1-4,9-11,19-21H,5-8,15H2. The fraction of sp³-hybridized carbons (Fsp3) is 0.357. The zero-order valence-corrected chi connectivity index (χ0v) is 11.6. The molecular formula is C14H20N4O3. The van der Waals surface area contributed by atoms with Gasteiger partial charge in [-0.15, -0.1) is 0 Å². The van der Waals surface area contributed by atoms with Crippen molar-refractivity contribution in [1.29, 1.82) is 0 Å². The second kappa shape index (κ2) is 7.07. The number of aliphatic hydroxyl groups excluding tert-OH is 2. The summed E-state index contributed by atoms with van der Waals surface area (Å²) in [5, 5.41) is 33.5. The summed E-state index contributed by atoms with van der Waals surface area (Å²) in [5.74, 6) is 5.48. The molecule has 7 heteroatoms. The maximum atomic E-state index is 10.2. The van der Waals surface area contributed by atoms with E-state index >= 15 is 0 Å². The molecule has 1 unspecified atom stereocenters. The van der Waals surface area contributed by atoms with Crippen LogP contribution in [0.5, 0.6) is 5.75 Å². The third kappa shape index (κ3) is 3.72. The molecule has 1 aromatic carbocycles. The highest BCUT2D eigenvalue weighted by molar-refractivity contribution is 5.73. The molecule has 0 radical (unpaired) electrons. The average molecular weight is 292 g/mol. The van der Waals surface area contributed by atoms with Crippen molar-refractivity contribution in [3.63, 3.8) is 0 Å². The van der Waals surface area contributed by atoms with Gasteiger partial charge in [-0.2, -0.15) is 5.10 Å². The first-order chi connectivity index (χ1) is 10.2. The molecule has 0 saturated carbocycles. The molecule has 0 aromatic heterocycles. The summed E-state index contributed by atoms with van der Waals surface area (Å²) in [6.45, 7) is 0.748. The van der Waals surface area contributed by atoms with Crippen LogP contribution in [0.3, 0.4) is 0 Å². The Labute approximate surface area is 123 Å². The third-order valence-electron chi connectivity index (χ3n) is 3.28. The van der Waals surface area contributed by atoms with E-state index in [4.69, 9.17) is 16.1 Å². The average Bonchev–Trinajstić information content (AvgIpc) is 2.48. The molecule has 1 aliphatic heterocycles. The number of hydrogen-bond acceptors (Lipinski definition) is 7. The van der Waals surface area contributed by atoms with Gasteiger partial charge in [0.05, 0.1) is 13.2 Å². The van der Waals surface area contributed by atoms with Crippen molar-refractivity contribution in [3.8, 4) is 5.75 Å². The van der Waals surface area contributed by atoms with E-state index in [1.165, 1.54) is 5.12 Å². The minimum atomic E-state index is -0.136. The number of nitrogens with two attached hydrogens (primary N) is 1. The second-order valence-electron chi connectivity index (χ2n) is 4.69. The van der Waals surface area contributed by atoms with Gasteiger partial charge < -0.3 is 20.2 Å². The smallest absolute Gasteiger partial charge is 0.121 e. The number of benzene rings is 1. The Balaban J connectivity index is 2.20. The van der Waals surface area contributed by atoms with Crippen molar-refractivity contribution >= 4 is 11.9 Å². The Hall–Kier alpha value is -2.09. The predicted octanol–water partition coefficient (Wildman–Crippen LogP) is -0.0444. The number of phenolic OH excluding ortho intramolecular Hbond substituents is 1. The van der Waals surface area contributed by atoms with Crippen LogP contribution >= 0.6 is 0 Å². The quantitative estimate of drug-likeness (QED) is 0.548. The van der Waals surface area contributed by atoms with Crippen LogP contribution in [-0.4, -0.2) is 53.0 Å². The van der Waals surface area contributed by atoms with Crippen LogP contribution in [-0.2, 0) is 0 Å². The molecular weight excluding hydrogens is 272 g/mol. The van der Waals surface area contributed by atoms with Crippen molar-refractivity contribution in [3.05, 3.63) is 36.0 Å². The SMILES string of the molecule is NN1C=CC(c2ccc(N(CCO)CCO)cc2O)C=N1. The van der Waals surface area contributed by atoms with Crippen molar-refractivity contribution in [2.75, 3.05) is 31.2 Å². The molecule has 1 atom stereocenters. The lowest BCUT2D eigenvalue weighted by atomic mass is 9.98. The first-order valence-electron chi connectivity index (χ1n) is 6.71. The van der Waals surface area contributed by atoms with Crippen molar-refractivity contribution in [2.45, 2.75) is 5.92 Å². The number of allylic oxidation sites excluding steroid dienone is 1. The van der Waals surface area contributed by atoms with Crippen LogP contribution in [0.4, 0.5) is 5.69 Å². The Kier molecular flexibility index (Phi) is 5.15. The third-order valence-corrected chi connectivity index (χ3v) is 3.28. The molecule has 0 bridgehead atoms. The summed E-state index contributed by atoms with van der Waals surface area (Å²) in [5.41, 5.74) is 1.47. The fourth-order valence-corrected chi connectivity index (χ4v) is 2.22. The first-order valence-corrected chi connectivity index (χ1v) is 6.71. The number of anilines is 1. The topological polar surface area (TPSA) is 106 Å². The van der Waals surface area contributed by atoms with E-state index in [1.807, 2.05) is 12.1 Å². The van der Waals surface area contributed by atoms with Gasteiger partial charge in [0.1, 0.15) is 5.75 Å². The molecule has 114 valence electrons. The molecule has 21 heavy (non-hydrogen) atoms. The van der Waals surface area contributed by atoms with Gasteiger partial charge in [0.15, 0.2) is 0 Å². The molecule has 1 aromatic rings. The summed E-state index contributed by atoms with van der Waals surface area (Å²) in [7, 11) is 0. The van der Waals surface area contributed by atoms with Gasteiger partial charge in [-0.1, -0.05) is 12.1 Å². The maximum Gasteiger partial charge on any atom is 0.121 e. The van der Waals surface area contributed by atoms with E-state index in [0.717, 1.165) is 11.3 Å². The van der Waals surface area contributed by atoms with Gasteiger partial charge in [-0.25, -0.2) is 11.0 Å². The fourth-order valence-electron chi connectivity index (χ4n) is 2.22. The van der Waals surface area contributed by atoms with Gasteiger partial charge >= 0.3 is 0 Å². The van der Waals surface area contributed by atoms with Gasteiger partial charge in [-0.3, -0.25) is 0 Å². The second-order valence-corrected chi connectivity index (χ2v) is 4.69. The monoisotopic (exact) mass is 292 g/mol. The molecule has 0 fully saturated rings. The van der Waals surface area contributed by atoms with E-state index < -0.39 is 0 Å². The Bertz CT molecular complexity index is 513. The highest BCUT2D eigenvalue weighted by Gasteiger charge is 2.15. The van der Waals surface area contributed by atoms with Crippen LogP contribution in [0.25, 0.3) is 0 Å². The number of hydrogen-bond donors (Lipinski definition) is 4.